The molecule has 0 spiro atoms. The topological polar surface area (TPSA) is 20.5 Å². The van der Waals surface area contributed by atoms with E-state index in [1.165, 1.54) is 32.6 Å². The Labute approximate surface area is 158 Å². The van der Waals surface area contributed by atoms with Crippen molar-refractivity contribution in [2.45, 2.75) is 19.4 Å². The molecule has 130 valence electrons. The molecule has 3 aromatic rings. The second kappa shape index (κ2) is 6.06. The Morgan fingerprint density at radius 1 is 1.08 bits per heavy atom. The van der Waals surface area contributed by atoms with Gasteiger partial charge in [-0.25, -0.2) is 0 Å². The molecule has 0 aliphatic carbocycles. The molecule has 2 aromatic carbocycles. The molecule has 1 aromatic heterocycles. The first-order valence-electron chi connectivity index (χ1n) is 9.03. The normalized spacial score (nSPS) is 19.4. The van der Waals surface area contributed by atoms with Gasteiger partial charge in [-0.2, -0.15) is 0 Å². The van der Waals surface area contributed by atoms with Gasteiger partial charge in [0.15, 0.2) is 5.17 Å². The molecule has 2 aliphatic heterocycles. The van der Waals surface area contributed by atoms with Crippen molar-refractivity contribution in [1.82, 2.24) is 9.47 Å². The Hall–Kier alpha value is -2.46. The minimum absolute atomic E-state index is 0.385. The summed E-state index contributed by atoms with van der Waals surface area (Å²) in [4.78, 5) is 8.66. The van der Waals surface area contributed by atoms with Crippen LogP contribution in [0.1, 0.15) is 18.1 Å². The van der Waals surface area contributed by atoms with Gasteiger partial charge in [-0.1, -0.05) is 60.3 Å². The molecular formula is C22H21N3S. The van der Waals surface area contributed by atoms with E-state index in [0.717, 1.165) is 18.1 Å². The summed E-state index contributed by atoms with van der Waals surface area (Å²) in [7, 11) is 2.13. The van der Waals surface area contributed by atoms with Crippen LogP contribution < -0.4 is 0 Å². The Kier molecular flexibility index (Phi) is 3.68. The van der Waals surface area contributed by atoms with Crippen LogP contribution >= 0.6 is 11.8 Å². The fraction of sp³-hybridized carbons (Fsp3) is 0.227. The third kappa shape index (κ3) is 2.40. The zero-order chi connectivity index (χ0) is 17.7. The van der Waals surface area contributed by atoms with Crippen LogP contribution in [0.25, 0.3) is 16.6 Å². The molecule has 0 saturated carbocycles. The number of benzene rings is 2. The van der Waals surface area contributed by atoms with Crippen molar-refractivity contribution in [3.05, 3.63) is 76.8 Å². The van der Waals surface area contributed by atoms with Crippen LogP contribution in [0.4, 0.5) is 0 Å². The minimum Gasteiger partial charge on any atom is -0.350 e. The highest BCUT2D eigenvalue weighted by Crippen LogP contribution is 2.44. The average molecular weight is 359 g/mol. The van der Waals surface area contributed by atoms with Gasteiger partial charge >= 0.3 is 0 Å². The van der Waals surface area contributed by atoms with Crippen molar-refractivity contribution in [3.8, 4) is 0 Å². The number of para-hydroxylation sites is 1. The number of fused-ring (bicyclic) bond motifs is 2. The maximum atomic E-state index is 4.85. The molecule has 0 amide bonds. The first-order valence-corrected chi connectivity index (χ1v) is 9.85. The number of aromatic nitrogens is 1. The van der Waals surface area contributed by atoms with E-state index in [1.54, 1.807) is 0 Å². The summed E-state index contributed by atoms with van der Waals surface area (Å²) in [5.41, 5.74) is 5.32. The first-order chi connectivity index (χ1) is 12.7. The van der Waals surface area contributed by atoms with E-state index in [2.05, 4.69) is 84.2 Å². The lowest BCUT2D eigenvalue weighted by molar-refractivity contribution is 0.462. The summed E-state index contributed by atoms with van der Waals surface area (Å²) < 4.78 is 2.24. The molecule has 1 atom stereocenters. The Balaban J connectivity index is 1.51. The zero-order valence-corrected chi connectivity index (χ0v) is 15.8. The second-order valence-corrected chi connectivity index (χ2v) is 8.19. The van der Waals surface area contributed by atoms with Gasteiger partial charge in [0.2, 0.25) is 0 Å². The molecular weight excluding hydrogens is 338 g/mol. The molecule has 0 bridgehead atoms. The summed E-state index contributed by atoms with van der Waals surface area (Å²) in [6, 6.07) is 19.8. The maximum absolute atomic E-state index is 4.85. The van der Waals surface area contributed by atoms with E-state index in [1.807, 2.05) is 11.8 Å². The summed E-state index contributed by atoms with van der Waals surface area (Å²) in [6.45, 7) is 3.08. The number of aryl methyl sites for hydroxylation is 1. The molecule has 0 unspecified atom stereocenters. The Bertz CT molecular complexity index is 1050. The number of rotatable bonds is 3. The Morgan fingerprint density at radius 3 is 2.69 bits per heavy atom. The smallest absolute Gasteiger partial charge is 0.168 e. The molecule has 2 aliphatic rings. The van der Waals surface area contributed by atoms with Crippen LogP contribution in [0, 0.1) is 0 Å². The van der Waals surface area contributed by atoms with Crippen LogP contribution in [-0.2, 0) is 13.5 Å². The van der Waals surface area contributed by atoms with Gasteiger partial charge < -0.3 is 9.47 Å². The number of amidine groups is 1. The molecule has 4 heteroatoms. The summed E-state index contributed by atoms with van der Waals surface area (Å²) >= 11 is 1.81. The van der Waals surface area contributed by atoms with Crippen LogP contribution in [0.15, 0.2) is 70.7 Å². The van der Waals surface area contributed by atoms with Crippen LogP contribution in [-0.4, -0.2) is 27.2 Å². The number of allylic oxidation sites excluding steroid dienone is 1. The third-order valence-electron chi connectivity index (χ3n) is 5.31. The third-order valence-corrected chi connectivity index (χ3v) is 6.32. The van der Waals surface area contributed by atoms with E-state index in [-0.39, 0.29) is 0 Å². The molecule has 0 N–H and O–H groups in total. The quantitative estimate of drug-likeness (QED) is 0.663. The van der Waals surface area contributed by atoms with Gasteiger partial charge in [-0.05, 0) is 30.5 Å². The molecule has 26 heavy (non-hydrogen) atoms. The monoisotopic (exact) mass is 359 g/mol. The lowest BCUT2D eigenvalue weighted by Crippen LogP contribution is -2.33. The Morgan fingerprint density at radius 2 is 1.85 bits per heavy atom. The average Bonchev–Trinajstić information content (AvgIpc) is 3.29. The first kappa shape index (κ1) is 15.8. The van der Waals surface area contributed by atoms with E-state index in [4.69, 9.17) is 4.99 Å². The van der Waals surface area contributed by atoms with Gasteiger partial charge in [-0.15, -0.1) is 0 Å². The van der Waals surface area contributed by atoms with Gasteiger partial charge in [0.05, 0.1) is 18.3 Å². The molecule has 0 fully saturated rings. The van der Waals surface area contributed by atoms with Crippen LogP contribution in [0.3, 0.4) is 0 Å². The molecule has 3 nitrogen and oxygen atoms in total. The summed E-state index contributed by atoms with van der Waals surface area (Å²) in [6.07, 6.45) is 3.29. The van der Waals surface area contributed by atoms with E-state index >= 15 is 0 Å². The molecule has 0 radical (unpaired) electrons. The molecule has 3 heterocycles. The molecule has 0 saturated heterocycles. The van der Waals surface area contributed by atoms with Gasteiger partial charge in [0.25, 0.3) is 0 Å². The fourth-order valence-electron chi connectivity index (χ4n) is 4.15. The van der Waals surface area contributed by atoms with Gasteiger partial charge in [0.1, 0.15) is 0 Å². The zero-order valence-electron chi connectivity index (χ0n) is 15.0. The summed E-state index contributed by atoms with van der Waals surface area (Å²) in [5.74, 6) is 0. The maximum Gasteiger partial charge on any atom is 0.168 e. The van der Waals surface area contributed by atoms with Crippen LogP contribution in [0.2, 0.25) is 0 Å². The van der Waals surface area contributed by atoms with Crippen molar-refractivity contribution in [3.63, 3.8) is 0 Å². The van der Waals surface area contributed by atoms with Crippen LogP contribution in [0.5, 0.6) is 0 Å². The largest absolute Gasteiger partial charge is 0.350 e. The lowest BCUT2D eigenvalue weighted by Gasteiger charge is -2.26. The van der Waals surface area contributed by atoms with Gasteiger partial charge in [-0.3, -0.25) is 4.99 Å². The van der Waals surface area contributed by atoms with E-state index in [9.17, 15) is 0 Å². The summed E-state index contributed by atoms with van der Waals surface area (Å²) in [5, 5.41) is 2.52. The van der Waals surface area contributed by atoms with Crippen molar-refractivity contribution < 1.29 is 0 Å². The predicted molar refractivity (Wildman–Crippen MR) is 111 cm³/mol. The number of nitrogens with zero attached hydrogens (tertiary/aromatic N) is 3. The number of hydrogen-bond acceptors (Lipinski definition) is 3. The second-order valence-electron chi connectivity index (χ2n) is 7.01. The van der Waals surface area contributed by atoms with E-state index in [0.29, 0.717) is 6.04 Å². The van der Waals surface area contributed by atoms with Crippen molar-refractivity contribution in [2.24, 2.45) is 12.0 Å². The van der Waals surface area contributed by atoms with Crippen molar-refractivity contribution in [1.29, 1.82) is 0 Å². The SMILES string of the molecule is CC1=C(c2ccccc2)N2C(=NC[C@@H]2Cc2cn(C)c3ccccc23)S1. The highest BCUT2D eigenvalue weighted by atomic mass is 32.2. The highest BCUT2D eigenvalue weighted by Gasteiger charge is 2.37. The lowest BCUT2D eigenvalue weighted by atomic mass is 10.0. The standard InChI is InChI=1S/C22H21N3S/c1-15-21(16-8-4-3-5-9-16)25-18(13-23-22(25)26-15)12-17-14-24(2)20-11-7-6-10-19(17)20/h3-11,14,18H,12-13H2,1-2H3/t18-/m0/s1. The number of hydrogen-bond donors (Lipinski definition) is 0. The minimum atomic E-state index is 0.385. The highest BCUT2D eigenvalue weighted by molar-refractivity contribution is 8.17. The van der Waals surface area contributed by atoms with Crippen molar-refractivity contribution >= 4 is 33.5 Å². The van der Waals surface area contributed by atoms with Gasteiger partial charge in [0, 0.05) is 29.1 Å². The number of thioether (sulfide) groups is 1. The van der Waals surface area contributed by atoms with Crippen molar-refractivity contribution in [2.75, 3.05) is 6.54 Å². The fourth-order valence-corrected chi connectivity index (χ4v) is 5.21. The predicted octanol–water partition coefficient (Wildman–Crippen LogP) is 4.90. The number of aliphatic imine (C=N–C) groups is 1. The van der Waals surface area contributed by atoms with E-state index < -0.39 is 0 Å². The molecule has 5 rings (SSSR count).